The second kappa shape index (κ2) is 4.69. The van der Waals surface area contributed by atoms with Crippen molar-refractivity contribution in [3.63, 3.8) is 0 Å². The Bertz CT molecular complexity index is 306. The number of carbonyl (C=O) groups is 1. The van der Waals surface area contributed by atoms with Crippen LogP contribution >= 0.6 is 0 Å². The fraction of sp³-hybridized carbons (Fsp3) is 0.750. The molecule has 0 unspecified atom stereocenters. The summed E-state index contributed by atoms with van der Waals surface area (Å²) in [6.07, 6.45) is 0.655. The van der Waals surface area contributed by atoms with Crippen LogP contribution in [0.15, 0.2) is 0 Å². The van der Waals surface area contributed by atoms with Gasteiger partial charge in [0.15, 0.2) is 5.82 Å². The van der Waals surface area contributed by atoms with Crippen molar-refractivity contribution in [2.45, 2.75) is 20.3 Å². The standard InChI is InChI=1S/C8H15N5O/c1-6(2)8(14)9-5-4-7-10-11-12-13(7)3/h6H,4-5H2,1-3H3,(H,9,14). The first-order valence-corrected chi connectivity index (χ1v) is 4.60. The van der Waals surface area contributed by atoms with Gasteiger partial charge in [0.25, 0.3) is 0 Å². The predicted molar refractivity (Wildman–Crippen MR) is 50.3 cm³/mol. The summed E-state index contributed by atoms with van der Waals surface area (Å²) in [5.74, 6) is 0.849. The number of tetrazole rings is 1. The van der Waals surface area contributed by atoms with Crippen molar-refractivity contribution in [1.29, 1.82) is 0 Å². The van der Waals surface area contributed by atoms with Crippen LogP contribution in [-0.2, 0) is 18.3 Å². The molecule has 0 saturated carbocycles. The summed E-state index contributed by atoms with van der Waals surface area (Å²) >= 11 is 0. The molecule has 6 heteroatoms. The molecule has 78 valence electrons. The minimum absolute atomic E-state index is 0.0209. The normalized spacial score (nSPS) is 10.6. The van der Waals surface area contributed by atoms with Crippen molar-refractivity contribution in [3.05, 3.63) is 5.82 Å². The monoisotopic (exact) mass is 197 g/mol. The van der Waals surface area contributed by atoms with E-state index in [0.717, 1.165) is 5.82 Å². The molecular weight excluding hydrogens is 182 g/mol. The van der Waals surface area contributed by atoms with Crippen molar-refractivity contribution >= 4 is 5.91 Å². The number of carbonyl (C=O) groups excluding carboxylic acids is 1. The number of hydrogen-bond acceptors (Lipinski definition) is 4. The van der Waals surface area contributed by atoms with E-state index < -0.39 is 0 Å². The second-order valence-corrected chi connectivity index (χ2v) is 3.41. The van der Waals surface area contributed by atoms with Gasteiger partial charge in [-0.1, -0.05) is 13.8 Å². The molecule has 0 saturated heterocycles. The highest BCUT2D eigenvalue weighted by atomic mass is 16.1. The third kappa shape index (κ3) is 2.79. The zero-order chi connectivity index (χ0) is 10.6. The van der Waals surface area contributed by atoms with Crippen LogP contribution in [0.5, 0.6) is 0 Å². The molecule has 0 radical (unpaired) electrons. The topological polar surface area (TPSA) is 72.7 Å². The SMILES string of the molecule is CC(C)C(=O)NCCc1nnnn1C. The van der Waals surface area contributed by atoms with Crippen LogP contribution in [0.1, 0.15) is 19.7 Å². The number of hydrogen-bond donors (Lipinski definition) is 1. The Hall–Kier alpha value is -1.46. The third-order valence-electron chi connectivity index (χ3n) is 1.88. The second-order valence-electron chi connectivity index (χ2n) is 3.41. The molecule has 1 N–H and O–H groups in total. The zero-order valence-corrected chi connectivity index (χ0v) is 8.69. The Labute approximate surface area is 82.7 Å². The van der Waals surface area contributed by atoms with Crippen LogP contribution in [0.2, 0.25) is 0 Å². The Kier molecular flexibility index (Phi) is 3.55. The van der Waals surface area contributed by atoms with E-state index in [1.54, 1.807) is 11.7 Å². The van der Waals surface area contributed by atoms with Gasteiger partial charge in [-0.3, -0.25) is 4.79 Å². The predicted octanol–water partition coefficient (Wildman–Crippen LogP) is -0.475. The maximum atomic E-state index is 11.2. The van der Waals surface area contributed by atoms with Gasteiger partial charge in [-0.2, -0.15) is 0 Å². The number of aryl methyl sites for hydroxylation is 1. The zero-order valence-electron chi connectivity index (χ0n) is 8.69. The van der Waals surface area contributed by atoms with Crippen LogP contribution < -0.4 is 5.32 Å². The summed E-state index contributed by atoms with van der Waals surface area (Å²) in [5.41, 5.74) is 0. The maximum absolute atomic E-state index is 11.2. The van der Waals surface area contributed by atoms with Gasteiger partial charge in [0.2, 0.25) is 5.91 Å². The molecule has 6 nitrogen and oxygen atoms in total. The van der Waals surface area contributed by atoms with Crippen molar-refractivity contribution in [2.24, 2.45) is 13.0 Å². The number of nitrogens with one attached hydrogen (secondary N) is 1. The molecular formula is C8H15N5O. The first-order chi connectivity index (χ1) is 6.61. The van der Waals surface area contributed by atoms with Gasteiger partial charge in [0.05, 0.1) is 0 Å². The summed E-state index contributed by atoms with van der Waals surface area (Å²) in [5, 5.41) is 13.8. The van der Waals surface area contributed by atoms with E-state index in [1.165, 1.54) is 0 Å². The fourth-order valence-corrected chi connectivity index (χ4v) is 0.961. The third-order valence-corrected chi connectivity index (χ3v) is 1.88. The van der Waals surface area contributed by atoms with E-state index in [4.69, 9.17) is 0 Å². The maximum Gasteiger partial charge on any atom is 0.222 e. The number of amides is 1. The van der Waals surface area contributed by atoms with Gasteiger partial charge in [-0.05, 0) is 10.4 Å². The molecule has 0 aliphatic heterocycles. The average molecular weight is 197 g/mol. The molecule has 1 aromatic heterocycles. The number of aromatic nitrogens is 4. The molecule has 1 rings (SSSR count). The lowest BCUT2D eigenvalue weighted by Gasteiger charge is -2.06. The lowest BCUT2D eigenvalue weighted by Crippen LogP contribution is -2.30. The minimum atomic E-state index is 0.0209. The molecule has 14 heavy (non-hydrogen) atoms. The van der Waals surface area contributed by atoms with Crippen molar-refractivity contribution in [3.8, 4) is 0 Å². The summed E-state index contributed by atoms with van der Waals surface area (Å²) in [6, 6.07) is 0. The van der Waals surface area contributed by atoms with E-state index in [1.807, 2.05) is 13.8 Å². The lowest BCUT2D eigenvalue weighted by atomic mass is 10.2. The van der Waals surface area contributed by atoms with Crippen LogP contribution in [-0.4, -0.2) is 32.7 Å². The molecule has 0 aliphatic rings. The fourth-order valence-electron chi connectivity index (χ4n) is 0.961. The average Bonchev–Trinajstić information content (AvgIpc) is 2.51. The molecule has 1 aromatic rings. The Morgan fingerprint density at radius 3 is 2.79 bits per heavy atom. The van der Waals surface area contributed by atoms with Gasteiger partial charge in [-0.15, -0.1) is 5.10 Å². The van der Waals surface area contributed by atoms with Crippen LogP contribution in [0.4, 0.5) is 0 Å². The van der Waals surface area contributed by atoms with E-state index in [0.29, 0.717) is 13.0 Å². The summed E-state index contributed by atoms with van der Waals surface area (Å²) in [7, 11) is 1.78. The van der Waals surface area contributed by atoms with E-state index in [2.05, 4.69) is 20.8 Å². The molecule has 0 spiro atoms. The lowest BCUT2D eigenvalue weighted by molar-refractivity contribution is -0.123. The van der Waals surface area contributed by atoms with E-state index in [-0.39, 0.29) is 11.8 Å². The summed E-state index contributed by atoms with van der Waals surface area (Å²) < 4.78 is 1.60. The molecule has 0 aliphatic carbocycles. The van der Waals surface area contributed by atoms with Gasteiger partial charge in [0, 0.05) is 25.9 Å². The Balaban J connectivity index is 2.29. The van der Waals surface area contributed by atoms with Gasteiger partial charge in [-0.25, -0.2) is 4.68 Å². The Morgan fingerprint density at radius 1 is 1.57 bits per heavy atom. The molecule has 1 heterocycles. The molecule has 0 aromatic carbocycles. The van der Waals surface area contributed by atoms with Crippen molar-refractivity contribution in [2.75, 3.05) is 6.54 Å². The molecule has 0 bridgehead atoms. The highest BCUT2D eigenvalue weighted by Gasteiger charge is 2.06. The highest BCUT2D eigenvalue weighted by Crippen LogP contribution is 1.92. The van der Waals surface area contributed by atoms with E-state index in [9.17, 15) is 4.79 Å². The minimum Gasteiger partial charge on any atom is -0.355 e. The largest absolute Gasteiger partial charge is 0.355 e. The van der Waals surface area contributed by atoms with Crippen LogP contribution in [0, 0.1) is 5.92 Å². The molecule has 1 amide bonds. The first kappa shape index (κ1) is 10.6. The van der Waals surface area contributed by atoms with Crippen LogP contribution in [0.3, 0.4) is 0 Å². The van der Waals surface area contributed by atoms with Crippen molar-refractivity contribution in [1.82, 2.24) is 25.5 Å². The van der Waals surface area contributed by atoms with Gasteiger partial charge in [0.1, 0.15) is 0 Å². The Morgan fingerprint density at radius 2 is 2.29 bits per heavy atom. The van der Waals surface area contributed by atoms with Crippen LogP contribution in [0.25, 0.3) is 0 Å². The van der Waals surface area contributed by atoms with Crippen molar-refractivity contribution < 1.29 is 4.79 Å². The number of nitrogens with zero attached hydrogens (tertiary/aromatic N) is 4. The smallest absolute Gasteiger partial charge is 0.222 e. The van der Waals surface area contributed by atoms with E-state index >= 15 is 0 Å². The summed E-state index contributed by atoms with van der Waals surface area (Å²) in [4.78, 5) is 11.2. The number of rotatable bonds is 4. The van der Waals surface area contributed by atoms with Gasteiger partial charge >= 0.3 is 0 Å². The molecule has 0 atom stereocenters. The first-order valence-electron chi connectivity index (χ1n) is 4.60. The quantitative estimate of drug-likeness (QED) is 0.708. The summed E-state index contributed by atoms with van der Waals surface area (Å²) in [6.45, 7) is 4.30. The molecule has 0 fully saturated rings. The van der Waals surface area contributed by atoms with Gasteiger partial charge < -0.3 is 5.32 Å². The highest BCUT2D eigenvalue weighted by molar-refractivity contribution is 5.77.